The van der Waals surface area contributed by atoms with Crippen LogP contribution in [0.3, 0.4) is 0 Å². The van der Waals surface area contributed by atoms with Crippen LogP contribution < -0.4 is 4.31 Å². The van der Waals surface area contributed by atoms with Gasteiger partial charge in [0.05, 0.1) is 18.3 Å². The summed E-state index contributed by atoms with van der Waals surface area (Å²) in [6.45, 7) is 0.00446. The minimum atomic E-state index is -4.01. The predicted molar refractivity (Wildman–Crippen MR) is 80.2 cm³/mol. The van der Waals surface area contributed by atoms with Crippen molar-refractivity contribution >= 4 is 21.7 Å². The molecule has 0 saturated carbocycles. The average Bonchev–Trinajstić information content (AvgIpc) is 2.86. The van der Waals surface area contributed by atoms with E-state index in [1.807, 2.05) is 0 Å². The molecule has 0 radical (unpaired) electrons. The largest absolute Gasteiger partial charge is 0.481 e. The van der Waals surface area contributed by atoms with E-state index >= 15 is 0 Å². The van der Waals surface area contributed by atoms with Crippen LogP contribution in [-0.2, 0) is 14.8 Å². The van der Waals surface area contributed by atoms with Gasteiger partial charge in [-0.15, -0.1) is 0 Å². The van der Waals surface area contributed by atoms with E-state index in [1.165, 1.54) is 0 Å². The molecule has 0 saturated heterocycles. The molecule has 1 aliphatic rings. The maximum absolute atomic E-state index is 13.3. The number of benzene rings is 1. The first-order valence-corrected chi connectivity index (χ1v) is 8.27. The lowest BCUT2D eigenvalue weighted by molar-refractivity contribution is -0.137. The number of para-hydroxylation sites is 1. The fourth-order valence-corrected chi connectivity index (χ4v) is 4.24. The van der Waals surface area contributed by atoms with Crippen LogP contribution >= 0.6 is 0 Å². The van der Waals surface area contributed by atoms with E-state index in [0.29, 0.717) is 11.3 Å². The van der Waals surface area contributed by atoms with E-state index in [-0.39, 0.29) is 17.9 Å². The highest BCUT2D eigenvalue weighted by molar-refractivity contribution is 7.92. The number of carboxylic acids is 1. The molecule has 1 aliphatic heterocycles. The zero-order valence-corrected chi connectivity index (χ0v) is 12.7. The van der Waals surface area contributed by atoms with Gasteiger partial charge in [-0.05, 0) is 17.7 Å². The topological polar surface area (TPSA) is 87.6 Å². The molecule has 0 amide bonds. The number of aliphatic carboxylic acids is 1. The van der Waals surface area contributed by atoms with Crippen molar-refractivity contribution in [3.8, 4) is 0 Å². The molecule has 8 heteroatoms. The van der Waals surface area contributed by atoms with Gasteiger partial charge in [-0.2, -0.15) is 0 Å². The van der Waals surface area contributed by atoms with E-state index in [4.69, 9.17) is 5.11 Å². The standard InChI is InChI=1S/C15H13FN2O4S/c16-11-6-12(8-17-7-11)23(21,22)18-9-10(5-15(19)20)13-3-1-2-4-14(13)18/h1-4,6-8,10H,5,9H2,(H,19,20)/t10-/m0/s1. The van der Waals surface area contributed by atoms with Gasteiger partial charge in [-0.1, -0.05) is 18.2 Å². The van der Waals surface area contributed by atoms with Crippen molar-refractivity contribution in [3.63, 3.8) is 0 Å². The minimum absolute atomic E-state index is 0.00446. The van der Waals surface area contributed by atoms with Gasteiger partial charge in [0.15, 0.2) is 0 Å². The first-order chi connectivity index (χ1) is 10.9. The quantitative estimate of drug-likeness (QED) is 0.922. The van der Waals surface area contributed by atoms with Crippen molar-refractivity contribution in [2.75, 3.05) is 10.8 Å². The highest BCUT2D eigenvalue weighted by atomic mass is 32.2. The number of nitrogens with zero attached hydrogens (tertiary/aromatic N) is 2. The van der Waals surface area contributed by atoms with Gasteiger partial charge in [-0.3, -0.25) is 14.1 Å². The summed E-state index contributed by atoms with van der Waals surface area (Å²) >= 11 is 0. The van der Waals surface area contributed by atoms with Gasteiger partial charge in [0.2, 0.25) is 0 Å². The number of halogens is 1. The number of carboxylic acid groups (broad SMARTS) is 1. The first-order valence-electron chi connectivity index (χ1n) is 6.83. The third-order valence-electron chi connectivity index (χ3n) is 3.72. The Morgan fingerprint density at radius 2 is 2.09 bits per heavy atom. The van der Waals surface area contributed by atoms with E-state index in [2.05, 4.69) is 4.98 Å². The minimum Gasteiger partial charge on any atom is -0.481 e. The summed E-state index contributed by atoms with van der Waals surface area (Å²) in [7, 11) is -4.01. The molecule has 2 heterocycles. The van der Waals surface area contributed by atoms with Crippen LogP contribution in [0.15, 0.2) is 47.6 Å². The van der Waals surface area contributed by atoms with Crippen LogP contribution in [0, 0.1) is 5.82 Å². The second-order valence-electron chi connectivity index (χ2n) is 5.23. The summed E-state index contributed by atoms with van der Waals surface area (Å²) in [5.74, 6) is -2.20. The predicted octanol–water partition coefficient (Wildman–Crippen LogP) is 1.99. The molecule has 3 rings (SSSR count). The summed E-state index contributed by atoms with van der Waals surface area (Å²) < 4.78 is 39.9. The van der Waals surface area contributed by atoms with Crippen LogP contribution in [-0.4, -0.2) is 31.0 Å². The Kier molecular flexibility index (Phi) is 3.77. The monoisotopic (exact) mass is 336 g/mol. The Labute approximate surface area is 132 Å². The van der Waals surface area contributed by atoms with E-state index in [0.717, 1.165) is 22.8 Å². The van der Waals surface area contributed by atoms with Crippen molar-refractivity contribution in [1.29, 1.82) is 0 Å². The zero-order valence-electron chi connectivity index (χ0n) is 11.9. The Balaban J connectivity index is 2.05. The first kappa shape index (κ1) is 15.4. The van der Waals surface area contributed by atoms with Crippen molar-refractivity contribution < 1.29 is 22.7 Å². The van der Waals surface area contributed by atoms with Crippen LogP contribution in [0.1, 0.15) is 17.9 Å². The molecule has 1 N–H and O–H groups in total. The molecule has 1 aromatic carbocycles. The molecule has 0 unspecified atom stereocenters. The van der Waals surface area contributed by atoms with Gasteiger partial charge in [0.1, 0.15) is 10.7 Å². The Bertz CT molecular complexity index is 869. The van der Waals surface area contributed by atoms with Gasteiger partial charge < -0.3 is 5.11 Å². The summed E-state index contributed by atoms with van der Waals surface area (Å²) in [4.78, 5) is 14.3. The lowest BCUT2D eigenvalue weighted by Gasteiger charge is -2.19. The molecule has 120 valence electrons. The van der Waals surface area contributed by atoms with Crippen LogP contribution in [0.25, 0.3) is 0 Å². The van der Waals surface area contributed by atoms with Crippen molar-refractivity contribution in [3.05, 3.63) is 54.1 Å². The fraction of sp³-hybridized carbons (Fsp3) is 0.200. The Morgan fingerprint density at radius 1 is 1.35 bits per heavy atom. The summed E-state index contributed by atoms with van der Waals surface area (Å²) in [6, 6.07) is 7.63. The number of anilines is 1. The van der Waals surface area contributed by atoms with Gasteiger partial charge in [0.25, 0.3) is 10.0 Å². The van der Waals surface area contributed by atoms with Crippen LogP contribution in [0.2, 0.25) is 0 Å². The fourth-order valence-electron chi connectivity index (χ4n) is 2.73. The molecule has 2 aromatic rings. The van der Waals surface area contributed by atoms with E-state index in [9.17, 15) is 17.6 Å². The zero-order chi connectivity index (χ0) is 16.6. The van der Waals surface area contributed by atoms with E-state index < -0.39 is 27.7 Å². The maximum Gasteiger partial charge on any atom is 0.304 e. The molecular formula is C15H13FN2O4S. The number of aromatic nitrogens is 1. The van der Waals surface area contributed by atoms with Gasteiger partial charge in [0, 0.05) is 18.7 Å². The van der Waals surface area contributed by atoms with E-state index in [1.54, 1.807) is 24.3 Å². The number of pyridine rings is 1. The molecular weight excluding hydrogens is 323 g/mol. The number of rotatable bonds is 4. The molecule has 1 atom stereocenters. The van der Waals surface area contributed by atoms with Gasteiger partial charge >= 0.3 is 5.97 Å². The molecule has 0 fully saturated rings. The normalized spacial score (nSPS) is 17.1. The SMILES string of the molecule is O=C(O)C[C@H]1CN(S(=O)(=O)c2cncc(F)c2)c2ccccc21. The lowest BCUT2D eigenvalue weighted by Crippen LogP contribution is -2.30. The van der Waals surface area contributed by atoms with Crippen LogP contribution in [0.5, 0.6) is 0 Å². The molecule has 0 spiro atoms. The molecule has 1 aromatic heterocycles. The molecule has 0 bridgehead atoms. The van der Waals surface area contributed by atoms with Gasteiger partial charge in [-0.25, -0.2) is 12.8 Å². The van der Waals surface area contributed by atoms with Crippen molar-refractivity contribution in [2.45, 2.75) is 17.2 Å². The van der Waals surface area contributed by atoms with Crippen molar-refractivity contribution in [2.24, 2.45) is 0 Å². The highest BCUT2D eigenvalue weighted by Crippen LogP contribution is 2.40. The smallest absolute Gasteiger partial charge is 0.304 e. The Morgan fingerprint density at radius 3 is 2.78 bits per heavy atom. The second-order valence-corrected chi connectivity index (χ2v) is 7.09. The summed E-state index contributed by atoms with van der Waals surface area (Å²) in [5, 5.41) is 9.01. The number of carbonyl (C=O) groups is 1. The lowest BCUT2D eigenvalue weighted by atomic mass is 9.98. The number of hydrogen-bond donors (Lipinski definition) is 1. The summed E-state index contributed by atoms with van der Waals surface area (Å²) in [5.41, 5.74) is 1.07. The number of fused-ring (bicyclic) bond motifs is 1. The molecule has 6 nitrogen and oxygen atoms in total. The Hall–Kier alpha value is -2.48. The summed E-state index contributed by atoms with van der Waals surface area (Å²) in [6.07, 6.45) is 1.82. The molecule has 23 heavy (non-hydrogen) atoms. The van der Waals surface area contributed by atoms with Crippen molar-refractivity contribution in [1.82, 2.24) is 4.98 Å². The second kappa shape index (κ2) is 5.62. The highest BCUT2D eigenvalue weighted by Gasteiger charge is 2.37. The third-order valence-corrected chi connectivity index (χ3v) is 5.47. The third kappa shape index (κ3) is 2.77. The average molecular weight is 336 g/mol. The molecule has 0 aliphatic carbocycles. The maximum atomic E-state index is 13.3. The van der Waals surface area contributed by atoms with Crippen LogP contribution in [0.4, 0.5) is 10.1 Å². The number of sulfonamides is 1. The number of hydrogen-bond acceptors (Lipinski definition) is 4.